The van der Waals surface area contributed by atoms with Crippen molar-refractivity contribution in [1.29, 1.82) is 0 Å². The Kier molecular flexibility index (Phi) is 6.33. The first-order valence-corrected chi connectivity index (χ1v) is 7.81. The van der Waals surface area contributed by atoms with E-state index in [1.807, 2.05) is 0 Å². The second kappa shape index (κ2) is 7.76. The number of nitrogen functional groups attached to an aromatic ring is 1. The van der Waals surface area contributed by atoms with Gasteiger partial charge in [-0.25, -0.2) is 8.42 Å². The lowest BCUT2D eigenvalue weighted by atomic mass is 10.3. The van der Waals surface area contributed by atoms with Gasteiger partial charge in [0.15, 0.2) is 9.84 Å². The van der Waals surface area contributed by atoms with Gasteiger partial charge in [0.05, 0.1) is 16.3 Å². The predicted molar refractivity (Wildman–Crippen MR) is 78.2 cm³/mol. The number of ether oxygens (including phenoxy) is 1. The van der Waals surface area contributed by atoms with Crippen LogP contribution < -0.4 is 11.1 Å². The van der Waals surface area contributed by atoms with Crippen LogP contribution in [0.1, 0.15) is 6.42 Å². The van der Waals surface area contributed by atoms with Gasteiger partial charge in [0.1, 0.15) is 5.75 Å². The lowest BCUT2D eigenvalue weighted by Gasteiger charge is -2.04. The number of hydrogen-bond donors (Lipinski definition) is 3. The number of anilines is 1. The quantitative estimate of drug-likeness (QED) is 0.374. The molecule has 0 radical (unpaired) electrons. The number of aromatic hydroxyl groups is 1. The molecule has 0 spiro atoms. The number of phenols is 1. The van der Waals surface area contributed by atoms with Crippen molar-refractivity contribution in [3.05, 3.63) is 30.5 Å². The standard InChI is InChI=1S/C13H20N2O4S/c1-19-8-2-6-15-7-3-9-20(17,18)11-4-5-13(16)12(14)10-11/h3-5,7,10,15-16H,2,6,8-9,14H2,1H3. The maximum atomic E-state index is 12.0. The lowest BCUT2D eigenvalue weighted by Crippen LogP contribution is -2.11. The van der Waals surface area contributed by atoms with Crippen LogP contribution >= 0.6 is 0 Å². The molecule has 0 amide bonds. The van der Waals surface area contributed by atoms with Crippen molar-refractivity contribution in [2.45, 2.75) is 11.3 Å². The summed E-state index contributed by atoms with van der Waals surface area (Å²) in [5, 5.41) is 12.2. The molecule has 0 aliphatic heterocycles. The molecule has 0 aliphatic rings. The van der Waals surface area contributed by atoms with Crippen molar-refractivity contribution in [2.24, 2.45) is 0 Å². The Labute approximate surface area is 119 Å². The van der Waals surface area contributed by atoms with Gasteiger partial charge in [0, 0.05) is 20.3 Å². The summed E-state index contributed by atoms with van der Waals surface area (Å²) >= 11 is 0. The highest BCUT2D eigenvalue weighted by Crippen LogP contribution is 2.23. The molecule has 112 valence electrons. The number of phenolic OH excluding ortho intramolecular Hbond substituents is 1. The lowest BCUT2D eigenvalue weighted by molar-refractivity contribution is 0.195. The Morgan fingerprint density at radius 3 is 2.85 bits per heavy atom. The van der Waals surface area contributed by atoms with E-state index in [4.69, 9.17) is 10.5 Å². The third kappa shape index (κ3) is 5.10. The van der Waals surface area contributed by atoms with Crippen molar-refractivity contribution in [3.8, 4) is 5.75 Å². The molecule has 0 aromatic heterocycles. The molecule has 0 aliphatic carbocycles. The predicted octanol–water partition coefficient (Wildman–Crippen LogP) is 0.888. The van der Waals surface area contributed by atoms with Crippen LogP contribution in [0.3, 0.4) is 0 Å². The molecule has 1 aromatic rings. The Morgan fingerprint density at radius 1 is 1.45 bits per heavy atom. The molecule has 6 nitrogen and oxygen atoms in total. The minimum Gasteiger partial charge on any atom is -0.506 e. The van der Waals surface area contributed by atoms with Crippen molar-refractivity contribution >= 4 is 15.5 Å². The number of nitrogens with one attached hydrogen (secondary N) is 1. The zero-order chi connectivity index (χ0) is 15.0. The van der Waals surface area contributed by atoms with Gasteiger partial charge in [-0.1, -0.05) is 6.08 Å². The van der Waals surface area contributed by atoms with Gasteiger partial charge in [0.2, 0.25) is 0 Å². The Hall–Kier alpha value is -1.73. The largest absolute Gasteiger partial charge is 0.506 e. The average Bonchev–Trinajstić information content (AvgIpc) is 2.40. The molecule has 7 heteroatoms. The monoisotopic (exact) mass is 300 g/mol. The summed E-state index contributed by atoms with van der Waals surface area (Å²) in [5.41, 5.74) is 5.53. The topological polar surface area (TPSA) is 102 Å². The van der Waals surface area contributed by atoms with Gasteiger partial charge in [-0.3, -0.25) is 0 Å². The summed E-state index contributed by atoms with van der Waals surface area (Å²) in [5.74, 6) is -0.256. The van der Waals surface area contributed by atoms with Gasteiger partial charge >= 0.3 is 0 Å². The van der Waals surface area contributed by atoms with Gasteiger partial charge in [-0.15, -0.1) is 0 Å². The summed E-state index contributed by atoms with van der Waals surface area (Å²) in [6, 6.07) is 3.86. The molecule has 4 N–H and O–H groups in total. The fraction of sp³-hybridized carbons (Fsp3) is 0.385. The number of sulfone groups is 1. The molecule has 0 bridgehead atoms. The van der Waals surface area contributed by atoms with Crippen LogP contribution in [-0.2, 0) is 14.6 Å². The molecular weight excluding hydrogens is 280 g/mol. The van der Waals surface area contributed by atoms with E-state index in [0.717, 1.165) is 13.0 Å². The number of nitrogens with two attached hydrogens (primary N) is 1. The minimum absolute atomic E-state index is 0.0488. The van der Waals surface area contributed by atoms with Crippen LogP contribution in [-0.4, -0.2) is 39.5 Å². The fourth-order valence-corrected chi connectivity index (χ4v) is 2.61. The highest BCUT2D eigenvalue weighted by atomic mass is 32.2. The van der Waals surface area contributed by atoms with E-state index < -0.39 is 9.84 Å². The first-order chi connectivity index (χ1) is 9.47. The zero-order valence-corrected chi connectivity index (χ0v) is 12.2. The summed E-state index contributed by atoms with van der Waals surface area (Å²) in [7, 11) is -1.81. The fourth-order valence-electron chi connectivity index (χ4n) is 1.48. The van der Waals surface area contributed by atoms with E-state index in [9.17, 15) is 13.5 Å². The van der Waals surface area contributed by atoms with E-state index >= 15 is 0 Å². The molecule has 1 aromatic carbocycles. The molecular formula is C13H20N2O4S. The summed E-state index contributed by atoms with van der Waals surface area (Å²) in [4.78, 5) is 0.0943. The highest BCUT2D eigenvalue weighted by Gasteiger charge is 2.13. The summed E-state index contributed by atoms with van der Waals surface area (Å²) in [6.07, 6.45) is 3.99. The maximum Gasteiger partial charge on any atom is 0.182 e. The zero-order valence-electron chi connectivity index (χ0n) is 11.4. The average molecular weight is 300 g/mol. The van der Waals surface area contributed by atoms with Gasteiger partial charge in [0.25, 0.3) is 0 Å². The van der Waals surface area contributed by atoms with Crippen molar-refractivity contribution in [2.75, 3.05) is 31.7 Å². The third-order valence-corrected chi connectivity index (χ3v) is 4.18. The van der Waals surface area contributed by atoms with E-state index in [2.05, 4.69) is 5.32 Å². The molecule has 20 heavy (non-hydrogen) atoms. The van der Waals surface area contributed by atoms with E-state index in [-0.39, 0.29) is 22.1 Å². The van der Waals surface area contributed by atoms with E-state index in [1.54, 1.807) is 13.3 Å². The number of rotatable bonds is 8. The van der Waals surface area contributed by atoms with Crippen molar-refractivity contribution in [3.63, 3.8) is 0 Å². The Bertz CT molecular complexity index is 555. The second-order valence-corrected chi connectivity index (χ2v) is 6.24. The van der Waals surface area contributed by atoms with Crippen LogP contribution in [0.15, 0.2) is 35.4 Å². The number of methoxy groups -OCH3 is 1. The van der Waals surface area contributed by atoms with E-state index in [1.165, 1.54) is 24.3 Å². The van der Waals surface area contributed by atoms with Crippen LogP contribution in [0.2, 0.25) is 0 Å². The first-order valence-electron chi connectivity index (χ1n) is 6.16. The molecule has 0 fully saturated rings. The summed E-state index contributed by atoms with van der Waals surface area (Å²) in [6.45, 7) is 1.38. The molecule has 0 unspecified atom stereocenters. The van der Waals surface area contributed by atoms with Crippen LogP contribution in [0.4, 0.5) is 5.69 Å². The second-order valence-electron chi connectivity index (χ2n) is 4.20. The van der Waals surface area contributed by atoms with Crippen molar-refractivity contribution < 1.29 is 18.3 Å². The first kappa shape index (κ1) is 16.3. The minimum atomic E-state index is -3.44. The highest BCUT2D eigenvalue weighted by molar-refractivity contribution is 7.91. The summed E-state index contributed by atoms with van der Waals surface area (Å²) < 4.78 is 28.9. The van der Waals surface area contributed by atoms with Crippen LogP contribution in [0.5, 0.6) is 5.75 Å². The maximum absolute atomic E-state index is 12.0. The molecule has 0 saturated heterocycles. The van der Waals surface area contributed by atoms with Gasteiger partial charge < -0.3 is 20.9 Å². The number of benzene rings is 1. The van der Waals surface area contributed by atoms with Gasteiger partial charge in [-0.2, -0.15) is 0 Å². The Balaban J connectivity index is 2.53. The van der Waals surface area contributed by atoms with Crippen molar-refractivity contribution in [1.82, 2.24) is 5.32 Å². The molecule has 1 rings (SSSR count). The molecule has 0 heterocycles. The SMILES string of the molecule is COCCCNC=CCS(=O)(=O)c1ccc(O)c(N)c1. The normalized spacial score (nSPS) is 11.8. The van der Waals surface area contributed by atoms with E-state index in [0.29, 0.717) is 6.61 Å². The molecule has 0 saturated carbocycles. The molecule has 0 atom stereocenters. The van der Waals surface area contributed by atoms with Crippen LogP contribution in [0, 0.1) is 0 Å². The van der Waals surface area contributed by atoms with Gasteiger partial charge in [-0.05, 0) is 30.8 Å². The number of hydrogen-bond acceptors (Lipinski definition) is 6. The Morgan fingerprint density at radius 2 is 2.20 bits per heavy atom. The third-order valence-electron chi connectivity index (χ3n) is 2.58. The smallest absolute Gasteiger partial charge is 0.182 e. The van der Waals surface area contributed by atoms with Crippen LogP contribution in [0.25, 0.3) is 0 Å².